The molecule has 0 radical (unpaired) electrons. The van der Waals surface area contributed by atoms with Crippen LogP contribution in [-0.4, -0.2) is 32.7 Å². The molecule has 1 aliphatic heterocycles. The van der Waals surface area contributed by atoms with E-state index in [-0.39, 0.29) is 30.6 Å². The molecular formula is C25H26F6N4O2. The molecule has 4 rings (SSSR count). The lowest BCUT2D eigenvalue weighted by Gasteiger charge is -2.42. The molecule has 0 saturated carbocycles. The first-order valence-corrected chi connectivity index (χ1v) is 11.8. The lowest BCUT2D eigenvalue weighted by Crippen LogP contribution is -2.43. The van der Waals surface area contributed by atoms with Crippen molar-refractivity contribution in [1.29, 1.82) is 0 Å². The van der Waals surface area contributed by atoms with Crippen molar-refractivity contribution < 1.29 is 31.1 Å². The maximum absolute atomic E-state index is 13.5. The number of nitrogens with one attached hydrogen (secondary N) is 2. The average molecular weight is 528 g/mol. The smallest absolute Gasteiger partial charge is 0.368 e. The predicted molar refractivity (Wildman–Crippen MR) is 122 cm³/mol. The van der Waals surface area contributed by atoms with E-state index in [0.29, 0.717) is 25.2 Å². The summed E-state index contributed by atoms with van der Waals surface area (Å²) in [5, 5.41) is 6.28. The molecule has 2 heterocycles. The number of hydrogen-bond donors (Lipinski definition) is 2. The van der Waals surface area contributed by atoms with Gasteiger partial charge in [-0.25, -0.2) is 9.89 Å². The molecule has 37 heavy (non-hydrogen) atoms. The van der Waals surface area contributed by atoms with E-state index in [1.54, 1.807) is 6.92 Å². The standard InChI is InChI=1S/C25H26F6N4O2/c1-2-19(16-11-17(24(26,27)28)13-18(12-16)25(29,30)31)37-20-9-6-10-35(14-21-32-23(36)34-33-21)22(20)15-7-4-3-5-8-15/h3-5,7-8,11-13,19-20,22H,2,6,9-10,14H2,1H3,(H2,32,33,34,36). The second kappa shape index (κ2) is 10.7. The van der Waals surface area contributed by atoms with E-state index in [4.69, 9.17) is 4.74 Å². The minimum absolute atomic E-state index is 0.121. The van der Waals surface area contributed by atoms with E-state index in [2.05, 4.69) is 15.2 Å². The summed E-state index contributed by atoms with van der Waals surface area (Å²) in [6.07, 6.45) is -10.0. The first-order valence-electron chi connectivity index (χ1n) is 11.8. The van der Waals surface area contributed by atoms with Crippen molar-refractivity contribution in [3.63, 3.8) is 0 Å². The van der Waals surface area contributed by atoms with Gasteiger partial charge in [-0.1, -0.05) is 37.3 Å². The van der Waals surface area contributed by atoms with Crippen LogP contribution in [0.4, 0.5) is 26.3 Å². The molecule has 0 spiro atoms. The molecule has 2 aromatic carbocycles. The highest BCUT2D eigenvalue weighted by atomic mass is 19.4. The van der Waals surface area contributed by atoms with Crippen molar-refractivity contribution in [2.45, 2.75) is 63.3 Å². The number of halogens is 6. The number of benzene rings is 2. The Morgan fingerprint density at radius 3 is 2.24 bits per heavy atom. The Balaban J connectivity index is 1.68. The summed E-state index contributed by atoms with van der Waals surface area (Å²) >= 11 is 0. The zero-order chi connectivity index (χ0) is 26.8. The minimum Gasteiger partial charge on any atom is -0.368 e. The van der Waals surface area contributed by atoms with Gasteiger partial charge in [-0.2, -0.15) is 31.4 Å². The largest absolute Gasteiger partial charge is 0.416 e. The third-order valence-corrected chi connectivity index (χ3v) is 6.42. The lowest BCUT2D eigenvalue weighted by atomic mass is 9.91. The third kappa shape index (κ3) is 6.42. The van der Waals surface area contributed by atoms with Crippen LogP contribution in [0.2, 0.25) is 0 Å². The van der Waals surface area contributed by atoms with Gasteiger partial charge in [-0.15, -0.1) is 0 Å². The minimum atomic E-state index is -4.94. The fraction of sp³-hybridized carbons (Fsp3) is 0.440. The predicted octanol–water partition coefficient (Wildman–Crippen LogP) is 6.01. The zero-order valence-corrected chi connectivity index (χ0v) is 19.9. The SMILES string of the molecule is CCC(OC1CCCN(Cc2n[nH]c(=O)[nH]2)C1c1ccccc1)c1cc(C(F)(F)F)cc(C(F)(F)F)c1. The monoisotopic (exact) mass is 528 g/mol. The van der Waals surface area contributed by atoms with Crippen molar-refractivity contribution in [3.8, 4) is 0 Å². The normalized spacial score (nSPS) is 20.2. The van der Waals surface area contributed by atoms with Crippen molar-refractivity contribution in [1.82, 2.24) is 20.1 Å². The summed E-state index contributed by atoms with van der Waals surface area (Å²) in [4.78, 5) is 16.2. The van der Waals surface area contributed by atoms with Crippen LogP contribution in [0.15, 0.2) is 53.3 Å². The number of aromatic nitrogens is 3. The molecule has 3 aromatic rings. The van der Waals surface area contributed by atoms with E-state index in [9.17, 15) is 31.1 Å². The van der Waals surface area contributed by atoms with Crippen LogP contribution in [0.25, 0.3) is 0 Å². The molecule has 1 aromatic heterocycles. The zero-order valence-electron chi connectivity index (χ0n) is 19.9. The fourth-order valence-corrected chi connectivity index (χ4v) is 4.78. The van der Waals surface area contributed by atoms with Crippen molar-refractivity contribution in [2.75, 3.05) is 6.54 Å². The number of H-pyrrole nitrogens is 2. The molecule has 200 valence electrons. The number of ether oxygens (including phenoxy) is 1. The maximum Gasteiger partial charge on any atom is 0.416 e. The molecule has 3 atom stereocenters. The van der Waals surface area contributed by atoms with Gasteiger partial charge in [-0.3, -0.25) is 9.88 Å². The molecule has 6 nitrogen and oxygen atoms in total. The van der Waals surface area contributed by atoms with Gasteiger partial charge in [0.15, 0.2) is 0 Å². The quantitative estimate of drug-likeness (QED) is 0.369. The molecule has 0 aliphatic carbocycles. The number of rotatable bonds is 7. The van der Waals surface area contributed by atoms with Gasteiger partial charge in [0.1, 0.15) is 5.82 Å². The number of piperidine rings is 1. The molecule has 1 saturated heterocycles. The maximum atomic E-state index is 13.5. The number of nitrogens with zero attached hydrogens (tertiary/aromatic N) is 2. The molecule has 3 unspecified atom stereocenters. The Morgan fingerprint density at radius 2 is 1.70 bits per heavy atom. The van der Waals surface area contributed by atoms with Crippen LogP contribution < -0.4 is 5.69 Å². The highest BCUT2D eigenvalue weighted by Gasteiger charge is 2.39. The molecule has 0 amide bonds. The van der Waals surface area contributed by atoms with E-state index < -0.39 is 41.4 Å². The second-order valence-corrected chi connectivity index (χ2v) is 9.00. The van der Waals surface area contributed by atoms with Crippen molar-refractivity contribution in [3.05, 3.63) is 87.1 Å². The third-order valence-electron chi connectivity index (χ3n) is 6.42. The molecule has 1 aliphatic rings. The van der Waals surface area contributed by atoms with Crippen LogP contribution in [0.5, 0.6) is 0 Å². The van der Waals surface area contributed by atoms with Crippen LogP contribution in [-0.2, 0) is 23.6 Å². The van der Waals surface area contributed by atoms with Gasteiger partial charge < -0.3 is 4.74 Å². The molecule has 2 N–H and O–H groups in total. The topological polar surface area (TPSA) is 74.0 Å². The lowest BCUT2D eigenvalue weighted by molar-refractivity contribution is -0.143. The Kier molecular flexibility index (Phi) is 7.79. The highest BCUT2D eigenvalue weighted by Crippen LogP contribution is 2.41. The highest BCUT2D eigenvalue weighted by molar-refractivity contribution is 5.35. The summed E-state index contributed by atoms with van der Waals surface area (Å²) in [7, 11) is 0. The average Bonchev–Trinajstić information content (AvgIpc) is 3.26. The Hall–Kier alpha value is -3.12. The summed E-state index contributed by atoms with van der Waals surface area (Å²) in [6, 6.07) is 10.5. The van der Waals surface area contributed by atoms with Crippen LogP contribution >= 0.6 is 0 Å². The van der Waals surface area contributed by atoms with Gasteiger partial charge in [0.2, 0.25) is 0 Å². The van der Waals surface area contributed by atoms with Gasteiger partial charge in [0.05, 0.1) is 35.9 Å². The summed E-state index contributed by atoms with van der Waals surface area (Å²) in [6.45, 7) is 2.56. The van der Waals surface area contributed by atoms with Gasteiger partial charge >= 0.3 is 18.0 Å². The second-order valence-electron chi connectivity index (χ2n) is 9.00. The molecule has 12 heteroatoms. The summed E-state index contributed by atoms with van der Waals surface area (Å²) in [5.41, 5.74) is -2.49. The number of aromatic amines is 2. The number of hydrogen-bond acceptors (Lipinski definition) is 4. The Bertz CT molecular complexity index is 1210. The molecular weight excluding hydrogens is 502 g/mol. The molecule has 0 bridgehead atoms. The Morgan fingerprint density at radius 1 is 1.05 bits per heavy atom. The molecule has 1 fully saturated rings. The van der Waals surface area contributed by atoms with Crippen molar-refractivity contribution >= 4 is 0 Å². The fourth-order valence-electron chi connectivity index (χ4n) is 4.78. The number of likely N-dealkylation sites (tertiary alicyclic amines) is 1. The van der Waals surface area contributed by atoms with Gasteiger partial charge in [-0.05, 0) is 55.1 Å². The first-order chi connectivity index (χ1) is 17.5. The van der Waals surface area contributed by atoms with Gasteiger partial charge in [0.25, 0.3) is 0 Å². The summed E-state index contributed by atoms with van der Waals surface area (Å²) in [5.74, 6) is 0.409. The van der Waals surface area contributed by atoms with Crippen LogP contribution in [0.1, 0.15) is 66.4 Å². The Labute approximate surface area is 208 Å². The first kappa shape index (κ1) is 26.9. The van der Waals surface area contributed by atoms with E-state index >= 15 is 0 Å². The van der Waals surface area contributed by atoms with Crippen molar-refractivity contribution in [2.24, 2.45) is 0 Å². The van der Waals surface area contributed by atoms with Crippen LogP contribution in [0, 0.1) is 0 Å². The summed E-state index contributed by atoms with van der Waals surface area (Å²) < 4.78 is 87.1. The van der Waals surface area contributed by atoms with Crippen LogP contribution in [0.3, 0.4) is 0 Å². The van der Waals surface area contributed by atoms with E-state index in [1.165, 1.54) is 0 Å². The van der Waals surface area contributed by atoms with Gasteiger partial charge in [0, 0.05) is 0 Å². The van der Waals surface area contributed by atoms with E-state index in [0.717, 1.165) is 17.7 Å². The van der Waals surface area contributed by atoms with E-state index in [1.807, 2.05) is 35.2 Å². The number of alkyl halides is 6.